The van der Waals surface area contributed by atoms with E-state index in [1.807, 2.05) is 24.3 Å². The average molecular weight is 388 g/mol. The summed E-state index contributed by atoms with van der Waals surface area (Å²) < 4.78 is 7.02. The van der Waals surface area contributed by atoms with Crippen LogP contribution in [0.4, 0.5) is 0 Å². The molecule has 0 heterocycles. The first-order chi connectivity index (χ1) is 9.22. The van der Waals surface area contributed by atoms with Crippen molar-refractivity contribution in [3.05, 3.63) is 28.7 Å². The molecule has 2 saturated carbocycles. The van der Waals surface area contributed by atoms with Crippen molar-refractivity contribution in [2.75, 3.05) is 11.9 Å². The topological polar surface area (TPSA) is 9.23 Å². The van der Waals surface area contributed by atoms with Crippen molar-refractivity contribution in [2.24, 2.45) is 17.3 Å². The minimum atomic E-state index is 0.509. The van der Waals surface area contributed by atoms with Gasteiger partial charge in [0.25, 0.3) is 0 Å². The van der Waals surface area contributed by atoms with Crippen LogP contribution in [0.5, 0.6) is 5.75 Å². The molecule has 1 nitrogen and oxygen atoms in total. The minimum absolute atomic E-state index is 0.509. The molecule has 3 atom stereocenters. The van der Waals surface area contributed by atoms with Crippen molar-refractivity contribution in [1.29, 1.82) is 0 Å². The highest BCUT2D eigenvalue weighted by atomic mass is 79.9. The van der Waals surface area contributed by atoms with Gasteiger partial charge in [0.1, 0.15) is 5.75 Å². The Kier molecular flexibility index (Phi) is 4.23. The predicted octanol–water partition coefficient (Wildman–Crippen LogP) is 5.42. The highest BCUT2D eigenvalue weighted by Crippen LogP contribution is 2.58. The number of hydrogen-bond donors (Lipinski definition) is 0. The molecule has 1 aromatic carbocycles. The molecule has 0 amide bonds. The minimum Gasteiger partial charge on any atom is -0.494 e. The zero-order chi connectivity index (χ0) is 13.3. The van der Waals surface area contributed by atoms with E-state index < -0.39 is 0 Å². The molecule has 0 N–H and O–H groups in total. The van der Waals surface area contributed by atoms with E-state index in [4.69, 9.17) is 4.74 Å². The van der Waals surface area contributed by atoms with Crippen LogP contribution in [-0.2, 0) is 0 Å². The van der Waals surface area contributed by atoms with Gasteiger partial charge in [-0.2, -0.15) is 0 Å². The van der Waals surface area contributed by atoms with E-state index in [2.05, 4.69) is 31.9 Å². The molecule has 19 heavy (non-hydrogen) atoms. The lowest BCUT2D eigenvalue weighted by molar-refractivity contribution is 0.144. The Morgan fingerprint density at radius 1 is 1.32 bits per heavy atom. The maximum absolute atomic E-state index is 5.93. The zero-order valence-electron chi connectivity index (χ0n) is 11.1. The Balaban J connectivity index is 1.57. The molecule has 0 aromatic heterocycles. The Morgan fingerprint density at radius 3 is 2.84 bits per heavy atom. The normalized spacial score (nSPS) is 32.7. The van der Waals surface area contributed by atoms with Gasteiger partial charge < -0.3 is 4.74 Å². The standard InChI is InChI=1S/C16H20Br2O/c17-11-16(10-12-4-5-13(16)8-12)6-7-19-15-3-1-2-14(18)9-15/h1-3,9,12-13H,4-8,10-11H2. The van der Waals surface area contributed by atoms with Gasteiger partial charge in [0.2, 0.25) is 0 Å². The molecule has 104 valence electrons. The Bertz CT molecular complexity index is 448. The van der Waals surface area contributed by atoms with Crippen LogP contribution in [0.3, 0.4) is 0 Å². The van der Waals surface area contributed by atoms with Crippen molar-refractivity contribution in [3.63, 3.8) is 0 Å². The summed E-state index contributed by atoms with van der Waals surface area (Å²) in [5, 5.41) is 1.14. The molecule has 3 heteroatoms. The summed E-state index contributed by atoms with van der Waals surface area (Å²) >= 11 is 7.25. The van der Waals surface area contributed by atoms with Crippen LogP contribution in [0.15, 0.2) is 28.7 Å². The van der Waals surface area contributed by atoms with Gasteiger partial charge >= 0.3 is 0 Å². The van der Waals surface area contributed by atoms with Crippen LogP contribution in [-0.4, -0.2) is 11.9 Å². The van der Waals surface area contributed by atoms with Crippen molar-refractivity contribution < 1.29 is 4.74 Å². The smallest absolute Gasteiger partial charge is 0.120 e. The number of benzene rings is 1. The first-order valence-corrected chi connectivity index (χ1v) is 9.08. The summed E-state index contributed by atoms with van der Waals surface area (Å²) in [6, 6.07) is 8.13. The summed E-state index contributed by atoms with van der Waals surface area (Å²) in [7, 11) is 0. The van der Waals surface area contributed by atoms with Crippen LogP contribution in [0, 0.1) is 17.3 Å². The molecule has 0 aliphatic heterocycles. The van der Waals surface area contributed by atoms with Crippen molar-refractivity contribution in [1.82, 2.24) is 0 Å². The van der Waals surface area contributed by atoms with Crippen molar-refractivity contribution >= 4 is 31.9 Å². The monoisotopic (exact) mass is 386 g/mol. The molecule has 0 saturated heterocycles. The number of alkyl halides is 1. The van der Waals surface area contributed by atoms with Crippen LogP contribution in [0.25, 0.3) is 0 Å². The molecular formula is C16H20Br2O. The predicted molar refractivity (Wildman–Crippen MR) is 85.9 cm³/mol. The van der Waals surface area contributed by atoms with Crippen molar-refractivity contribution in [3.8, 4) is 5.75 Å². The Labute approximate surface area is 132 Å². The Hall–Kier alpha value is -0.0200. The third-order valence-corrected chi connectivity index (χ3v) is 6.64. The van der Waals surface area contributed by atoms with E-state index in [-0.39, 0.29) is 0 Å². The molecule has 2 aliphatic rings. The number of rotatable bonds is 5. The summed E-state index contributed by atoms with van der Waals surface area (Å²) in [6.45, 7) is 0.839. The molecule has 1 aromatic rings. The van der Waals surface area contributed by atoms with Gasteiger partial charge in [-0.15, -0.1) is 0 Å². The van der Waals surface area contributed by atoms with E-state index in [0.29, 0.717) is 5.41 Å². The second-order valence-electron chi connectivity index (χ2n) is 6.13. The van der Waals surface area contributed by atoms with Gasteiger partial charge in [-0.1, -0.05) is 44.3 Å². The number of fused-ring (bicyclic) bond motifs is 2. The number of halogens is 2. The lowest BCUT2D eigenvalue weighted by Gasteiger charge is -2.36. The third-order valence-electron chi connectivity index (χ3n) is 5.03. The first kappa shape index (κ1) is 13.9. The van der Waals surface area contributed by atoms with Gasteiger partial charge in [0.15, 0.2) is 0 Å². The van der Waals surface area contributed by atoms with Crippen LogP contribution in [0.1, 0.15) is 32.1 Å². The van der Waals surface area contributed by atoms with E-state index in [0.717, 1.165) is 34.0 Å². The highest BCUT2D eigenvalue weighted by Gasteiger charge is 2.49. The lowest BCUT2D eigenvalue weighted by Crippen LogP contribution is -2.31. The summed E-state index contributed by atoms with van der Waals surface area (Å²) in [5.41, 5.74) is 0.509. The fraction of sp³-hybridized carbons (Fsp3) is 0.625. The van der Waals surface area contributed by atoms with E-state index in [1.165, 1.54) is 32.1 Å². The summed E-state index contributed by atoms with van der Waals surface area (Å²) in [4.78, 5) is 0. The fourth-order valence-corrected chi connectivity index (χ4v) is 5.37. The van der Waals surface area contributed by atoms with Crippen LogP contribution < -0.4 is 4.74 Å². The maximum Gasteiger partial charge on any atom is 0.120 e. The van der Waals surface area contributed by atoms with Crippen molar-refractivity contribution in [2.45, 2.75) is 32.1 Å². The highest BCUT2D eigenvalue weighted by molar-refractivity contribution is 9.10. The molecule has 0 spiro atoms. The summed E-state index contributed by atoms with van der Waals surface area (Å²) in [5.74, 6) is 2.90. The molecule has 3 unspecified atom stereocenters. The maximum atomic E-state index is 5.93. The number of hydrogen-bond acceptors (Lipinski definition) is 1. The molecule has 2 bridgehead atoms. The molecule has 0 radical (unpaired) electrons. The van der Waals surface area contributed by atoms with Gasteiger partial charge in [0, 0.05) is 9.80 Å². The second-order valence-corrected chi connectivity index (χ2v) is 7.61. The second kappa shape index (κ2) is 5.77. The van der Waals surface area contributed by atoms with Gasteiger partial charge in [-0.3, -0.25) is 0 Å². The average Bonchev–Trinajstić information content (AvgIpc) is 3.00. The molecule has 2 fully saturated rings. The third kappa shape index (κ3) is 2.87. The molecule has 3 rings (SSSR count). The zero-order valence-corrected chi connectivity index (χ0v) is 14.3. The van der Waals surface area contributed by atoms with Gasteiger partial charge in [-0.25, -0.2) is 0 Å². The van der Waals surface area contributed by atoms with Gasteiger partial charge in [0.05, 0.1) is 6.61 Å². The van der Waals surface area contributed by atoms with Crippen LogP contribution in [0.2, 0.25) is 0 Å². The first-order valence-electron chi connectivity index (χ1n) is 7.16. The Morgan fingerprint density at radius 2 is 2.21 bits per heavy atom. The summed E-state index contributed by atoms with van der Waals surface area (Å²) in [6.07, 6.45) is 6.96. The van der Waals surface area contributed by atoms with E-state index >= 15 is 0 Å². The van der Waals surface area contributed by atoms with Gasteiger partial charge in [-0.05, 0) is 61.1 Å². The molecule has 2 aliphatic carbocycles. The molecular weight excluding hydrogens is 368 g/mol. The largest absolute Gasteiger partial charge is 0.494 e. The quantitative estimate of drug-likeness (QED) is 0.613. The van der Waals surface area contributed by atoms with Crippen LogP contribution >= 0.6 is 31.9 Å². The lowest BCUT2D eigenvalue weighted by atomic mass is 9.72. The fourth-order valence-electron chi connectivity index (χ4n) is 4.02. The SMILES string of the molecule is BrCC1(CCOc2cccc(Br)c2)CC2CCC1C2. The van der Waals surface area contributed by atoms with E-state index in [9.17, 15) is 0 Å². The number of ether oxygens (including phenoxy) is 1. The van der Waals surface area contributed by atoms with E-state index in [1.54, 1.807) is 0 Å².